The molecule has 0 bridgehead atoms. The maximum absolute atomic E-state index is 13.1. The van der Waals surface area contributed by atoms with Crippen molar-refractivity contribution in [1.82, 2.24) is 20.3 Å². The molecule has 4 heterocycles. The molecular weight excluding hydrogens is 457 g/mol. The van der Waals surface area contributed by atoms with E-state index in [2.05, 4.69) is 25.4 Å². The first kappa shape index (κ1) is 23.3. The molecule has 0 aliphatic carbocycles. The first-order valence-corrected chi connectivity index (χ1v) is 11.7. The van der Waals surface area contributed by atoms with Crippen molar-refractivity contribution in [3.8, 4) is 11.3 Å². The average Bonchev–Trinajstić information content (AvgIpc) is 3.41. The lowest BCUT2D eigenvalue weighted by molar-refractivity contribution is 0.0826. The van der Waals surface area contributed by atoms with E-state index in [4.69, 9.17) is 4.84 Å². The first-order chi connectivity index (χ1) is 17.5. The zero-order valence-electron chi connectivity index (χ0n) is 19.7. The average molecular weight is 482 g/mol. The van der Waals surface area contributed by atoms with E-state index in [0.717, 1.165) is 33.8 Å². The molecule has 1 aliphatic rings. The fraction of sp³-hybridized carbons (Fsp3) is 0.179. The van der Waals surface area contributed by atoms with Gasteiger partial charge in [0.2, 0.25) is 0 Å². The summed E-state index contributed by atoms with van der Waals surface area (Å²) < 4.78 is 13.1. The van der Waals surface area contributed by atoms with Gasteiger partial charge >= 0.3 is 0 Å². The van der Waals surface area contributed by atoms with Gasteiger partial charge in [0.1, 0.15) is 5.82 Å². The number of nitrogens with one attached hydrogen (secondary N) is 1. The summed E-state index contributed by atoms with van der Waals surface area (Å²) in [7, 11) is 0. The van der Waals surface area contributed by atoms with Crippen molar-refractivity contribution in [2.45, 2.75) is 25.9 Å². The van der Waals surface area contributed by atoms with E-state index in [0.29, 0.717) is 30.6 Å². The van der Waals surface area contributed by atoms with Crippen molar-refractivity contribution in [2.75, 3.05) is 6.54 Å². The van der Waals surface area contributed by atoms with Crippen LogP contribution in [0.3, 0.4) is 0 Å². The highest BCUT2D eigenvalue weighted by Crippen LogP contribution is 2.30. The van der Waals surface area contributed by atoms with Crippen molar-refractivity contribution in [3.05, 3.63) is 113 Å². The van der Waals surface area contributed by atoms with Crippen molar-refractivity contribution < 1.29 is 14.0 Å². The Bertz CT molecular complexity index is 1390. The minimum atomic E-state index is -0.388. The molecule has 180 valence electrons. The Morgan fingerprint density at radius 3 is 2.67 bits per heavy atom. The number of amides is 1. The molecule has 3 aromatic heterocycles. The fourth-order valence-electron chi connectivity index (χ4n) is 3.95. The van der Waals surface area contributed by atoms with E-state index < -0.39 is 0 Å². The molecule has 1 N–H and O–H groups in total. The Hall–Kier alpha value is -4.46. The summed E-state index contributed by atoms with van der Waals surface area (Å²) in [4.78, 5) is 31.7. The molecule has 36 heavy (non-hydrogen) atoms. The molecule has 0 fully saturated rings. The van der Waals surface area contributed by atoms with Crippen LogP contribution < -0.4 is 5.32 Å². The maximum Gasteiger partial charge on any atom is 0.251 e. The molecule has 0 saturated heterocycles. The van der Waals surface area contributed by atoms with Crippen LogP contribution in [0.2, 0.25) is 0 Å². The molecule has 1 amide bonds. The number of nitrogens with zero attached hydrogens (tertiary/aromatic N) is 4. The van der Waals surface area contributed by atoms with Crippen LogP contribution in [-0.2, 0) is 11.3 Å². The number of carbonyl (C=O) groups excluding carboxylic acids is 1. The van der Waals surface area contributed by atoms with Crippen LogP contribution in [0.25, 0.3) is 11.3 Å². The van der Waals surface area contributed by atoms with E-state index in [9.17, 15) is 9.18 Å². The van der Waals surface area contributed by atoms with Gasteiger partial charge in [0.15, 0.2) is 6.10 Å². The Morgan fingerprint density at radius 1 is 1.03 bits per heavy atom. The highest BCUT2D eigenvalue weighted by atomic mass is 19.1. The molecule has 5 rings (SSSR count). The number of oxime groups is 1. The summed E-state index contributed by atoms with van der Waals surface area (Å²) >= 11 is 0. The van der Waals surface area contributed by atoms with E-state index >= 15 is 0 Å². The largest absolute Gasteiger partial charge is 0.385 e. The molecule has 0 spiro atoms. The number of aryl methyl sites for hydroxylation is 1. The van der Waals surface area contributed by atoms with Gasteiger partial charge in [-0.1, -0.05) is 17.3 Å². The normalized spacial score (nSPS) is 14.7. The van der Waals surface area contributed by atoms with Crippen LogP contribution in [0, 0.1) is 12.7 Å². The van der Waals surface area contributed by atoms with E-state index in [1.165, 1.54) is 12.3 Å². The Balaban J connectivity index is 1.38. The lowest BCUT2D eigenvalue weighted by Gasteiger charge is -2.11. The molecule has 1 atom stereocenters. The molecule has 1 aliphatic heterocycles. The Labute approximate surface area is 208 Å². The van der Waals surface area contributed by atoms with Crippen molar-refractivity contribution in [3.63, 3.8) is 0 Å². The number of rotatable bonds is 7. The van der Waals surface area contributed by atoms with Gasteiger partial charge in [-0.2, -0.15) is 0 Å². The SMILES string of the molecule is Cc1ccc(-c2cc(C(=O)NCCc3ccc(F)cn3)cc(C3=NO[C@@H](c4ccccn4)C3)c2)nc1. The summed E-state index contributed by atoms with van der Waals surface area (Å²) in [5, 5.41) is 7.24. The third-order valence-electron chi connectivity index (χ3n) is 5.88. The van der Waals surface area contributed by atoms with Crippen LogP contribution in [0.4, 0.5) is 4.39 Å². The predicted octanol–water partition coefficient (Wildman–Crippen LogP) is 4.82. The van der Waals surface area contributed by atoms with Gasteiger partial charge in [-0.05, 0) is 61.0 Å². The van der Waals surface area contributed by atoms with Crippen LogP contribution in [0.5, 0.6) is 0 Å². The quantitative estimate of drug-likeness (QED) is 0.409. The lowest BCUT2D eigenvalue weighted by atomic mass is 9.96. The molecule has 0 saturated carbocycles. The number of halogens is 1. The standard InChI is InChI=1S/C28H24FN5O2/c1-18-5-8-24(33-16-18)19-12-20(26-15-27(36-34-26)25-4-2-3-10-30-25)14-21(13-19)28(35)31-11-9-23-7-6-22(29)17-32-23/h2-8,10,12-14,16-17,27H,9,11,15H2,1H3,(H,31,35)/t27-/m1/s1. The second-order valence-electron chi connectivity index (χ2n) is 8.58. The molecule has 0 radical (unpaired) electrons. The van der Waals surface area contributed by atoms with Crippen LogP contribution in [0.15, 0.2) is 84.4 Å². The highest BCUT2D eigenvalue weighted by molar-refractivity contribution is 6.05. The summed E-state index contributed by atoms with van der Waals surface area (Å²) in [5.41, 5.74) is 6.14. The number of hydrogen-bond donors (Lipinski definition) is 1. The van der Waals surface area contributed by atoms with Gasteiger partial charge in [0.25, 0.3) is 5.91 Å². The van der Waals surface area contributed by atoms with E-state index in [1.54, 1.807) is 18.5 Å². The molecule has 0 unspecified atom stereocenters. The summed E-state index contributed by atoms with van der Waals surface area (Å²) in [5.74, 6) is -0.617. The number of benzene rings is 1. The Kier molecular flexibility index (Phi) is 6.75. The summed E-state index contributed by atoms with van der Waals surface area (Å²) in [6.45, 7) is 2.34. The monoisotopic (exact) mass is 481 g/mol. The van der Waals surface area contributed by atoms with E-state index in [-0.39, 0.29) is 17.8 Å². The second-order valence-corrected chi connectivity index (χ2v) is 8.58. The van der Waals surface area contributed by atoms with Crippen LogP contribution in [0.1, 0.15) is 45.4 Å². The zero-order valence-corrected chi connectivity index (χ0v) is 19.7. The van der Waals surface area contributed by atoms with Crippen LogP contribution >= 0.6 is 0 Å². The molecule has 1 aromatic carbocycles. The van der Waals surface area contributed by atoms with Gasteiger partial charge in [-0.3, -0.25) is 19.7 Å². The third kappa shape index (κ3) is 5.43. The Morgan fingerprint density at radius 2 is 1.92 bits per heavy atom. The number of pyridine rings is 3. The van der Waals surface area contributed by atoms with Crippen molar-refractivity contribution in [2.24, 2.45) is 5.16 Å². The number of hydrogen-bond acceptors (Lipinski definition) is 6. The zero-order chi connectivity index (χ0) is 24.9. The maximum atomic E-state index is 13.1. The topological polar surface area (TPSA) is 89.4 Å². The van der Waals surface area contributed by atoms with Gasteiger partial charge in [0, 0.05) is 54.2 Å². The summed E-state index contributed by atoms with van der Waals surface area (Å²) in [6.07, 6.45) is 5.45. The lowest BCUT2D eigenvalue weighted by Crippen LogP contribution is -2.26. The van der Waals surface area contributed by atoms with Gasteiger partial charge in [0.05, 0.1) is 23.3 Å². The third-order valence-corrected chi connectivity index (χ3v) is 5.88. The minimum absolute atomic E-state index is 0.229. The predicted molar refractivity (Wildman–Crippen MR) is 134 cm³/mol. The smallest absolute Gasteiger partial charge is 0.251 e. The number of carbonyl (C=O) groups is 1. The van der Waals surface area contributed by atoms with Crippen molar-refractivity contribution in [1.29, 1.82) is 0 Å². The molecule has 7 nitrogen and oxygen atoms in total. The highest BCUT2D eigenvalue weighted by Gasteiger charge is 2.26. The van der Waals surface area contributed by atoms with Gasteiger partial charge in [-0.15, -0.1) is 0 Å². The molecule has 4 aromatic rings. The minimum Gasteiger partial charge on any atom is -0.385 e. The van der Waals surface area contributed by atoms with Crippen molar-refractivity contribution >= 4 is 11.6 Å². The van der Waals surface area contributed by atoms with Gasteiger partial charge < -0.3 is 10.2 Å². The second kappa shape index (κ2) is 10.4. The van der Waals surface area contributed by atoms with Gasteiger partial charge in [-0.25, -0.2) is 4.39 Å². The van der Waals surface area contributed by atoms with Crippen LogP contribution in [-0.4, -0.2) is 33.1 Å². The van der Waals surface area contributed by atoms with E-state index in [1.807, 2.05) is 55.5 Å². The fourth-order valence-corrected chi connectivity index (χ4v) is 3.95. The first-order valence-electron chi connectivity index (χ1n) is 11.7. The summed E-state index contributed by atoms with van der Waals surface area (Å²) in [6, 6.07) is 18.2. The molecular formula is C28H24FN5O2. The molecule has 8 heteroatoms. The number of aromatic nitrogens is 3.